The molecule has 0 atom stereocenters. The van der Waals surface area contributed by atoms with Gasteiger partial charge < -0.3 is 5.11 Å². The number of nitro groups is 1. The van der Waals surface area contributed by atoms with Gasteiger partial charge in [-0.2, -0.15) is 5.10 Å². The van der Waals surface area contributed by atoms with Crippen molar-refractivity contribution >= 4 is 29.2 Å². The molecule has 0 bridgehead atoms. The minimum atomic E-state index is -0.702. The number of halogens is 1. The highest BCUT2D eigenvalue weighted by Crippen LogP contribution is 2.32. The molecule has 0 radical (unpaired) electrons. The molecule has 0 amide bonds. The van der Waals surface area contributed by atoms with Crippen molar-refractivity contribution in [2.45, 2.75) is 6.92 Å². The van der Waals surface area contributed by atoms with Crippen LogP contribution in [0.1, 0.15) is 11.1 Å². The Labute approximate surface area is 125 Å². The van der Waals surface area contributed by atoms with E-state index in [9.17, 15) is 15.2 Å². The van der Waals surface area contributed by atoms with Gasteiger partial charge in [-0.25, -0.2) is 0 Å². The number of benzene rings is 2. The molecule has 0 saturated heterocycles. The number of nitrogens with one attached hydrogen (secondary N) is 1. The average molecular weight is 306 g/mol. The normalized spacial score (nSPS) is 10.8. The molecule has 0 aliphatic rings. The minimum absolute atomic E-state index is 0.150. The maximum Gasteiger partial charge on any atom is 0.312 e. The second kappa shape index (κ2) is 6.23. The maximum atomic E-state index is 10.8. The van der Waals surface area contributed by atoms with Crippen LogP contribution in [0.15, 0.2) is 41.5 Å². The molecule has 108 valence electrons. The van der Waals surface area contributed by atoms with Crippen molar-refractivity contribution in [1.29, 1.82) is 0 Å². The van der Waals surface area contributed by atoms with Crippen LogP contribution in [0.2, 0.25) is 5.02 Å². The number of phenols is 1. The van der Waals surface area contributed by atoms with E-state index in [0.29, 0.717) is 0 Å². The molecule has 0 aliphatic carbocycles. The molecule has 2 aromatic carbocycles. The molecule has 0 aromatic heterocycles. The summed E-state index contributed by atoms with van der Waals surface area (Å²) in [5.41, 5.74) is 4.31. The van der Waals surface area contributed by atoms with Crippen molar-refractivity contribution in [2.75, 3.05) is 5.43 Å². The lowest BCUT2D eigenvalue weighted by Crippen LogP contribution is -1.95. The van der Waals surface area contributed by atoms with Crippen molar-refractivity contribution < 1.29 is 10.0 Å². The highest BCUT2D eigenvalue weighted by Gasteiger charge is 2.17. The van der Waals surface area contributed by atoms with Crippen LogP contribution in [0.3, 0.4) is 0 Å². The number of aryl methyl sites for hydroxylation is 1. The number of nitro benzene ring substituents is 1. The van der Waals surface area contributed by atoms with Crippen molar-refractivity contribution in [3.05, 3.63) is 62.7 Å². The molecule has 2 N–H and O–H groups in total. The van der Waals surface area contributed by atoms with Crippen LogP contribution < -0.4 is 5.43 Å². The van der Waals surface area contributed by atoms with E-state index in [1.807, 2.05) is 31.2 Å². The van der Waals surface area contributed by atoms with Crippen LogP contribution in [0, 0.1) is 17.0 Å². The zero-order valence-electron chi connectivity index (χ0n) is 11.1. The SMILES string of the molecule is Cc1cccc(N/N=C\c2cc(Cl)cc([N+](=O)[O-])c2O)c1. The van der Waals surface area contributed by atoms with Gasteiger partial charge in [-0.05, 0) is 30.7 Å². The largest absolute Gasteiger partial charge is 0.502 e. The lowest BCUT2D eigenvalue weighted by Gasteiger charge is -2.03. The van der Waals surface area contributed by atoms with E-state index in [2.05, 4.69) is 10.5 Å². The fourth-order valence-corrected chi connectivity index (χ4v) is 1.95. The van der Waals surface area contributed by atoms with Crippen molar-refractivity contribution in [3.8, 4) is 5.75 Å². The first-order chi connectivity index (χ1) is 9.97. The monoisotopic (exact) mass is 305 g/mol. The summed E-state index contributed by atoms with van der Waals surface area (Å²) in [6.07, 6.45) is 1.27. The molecule has 0 fully saturated rings. The predicted octanol–water partition coefficient (Wildman–Crippen LogP) is 3.71. The molecule has 0 aliphatic heterocycles. The Hall–Kier alpha value is -2.60. The molecule has 0 spiro atoms. The molecule has 2 aromatic rings. The van der Waals surface area contributed by atoms with Gasteiger partial charge in [0.15, 0.2) is 0 Å². The van der Waals surface area contributed by atoms with E-state index in [1.165, 1.54) is 12.3 Å². The summed E-state index contributed by atoms with van der Waals surface area (Å²) in [5, 5.41) is 24.7. The van der Waals surface area contributed by atoms with E-state index in [-0.39, 0.29) is 10.6 Å². The summed E-state index contributed by atoms with van der Waals surface area (Å²) >= 11 is 5.79. The third-order valence-corrected chi connectivity index (χ3v) is 2.91. The smallest absolute Gasteiger partial charge is 0.312 e. The van der Waals surface area contributed by atoms with Crippen LogP contribution in [-0.4, -0.2) is 16.2 Å². The van der Waals surface area contributed by atoms with E-state index in [1.54, 1.807) is 0 Å². The topological polar surface area (TPSA) is 87.8 Å². The molecule has 21 heavy (non-hydrogen) atoms. The Morgan fingerprint density at radius 3 is 2.81 bits per heavy atom. The van der Waals surface area contributed by atoms with Crippen LogP contribution in [0.4, 0.5) is 11.4 Å². The molecule has 7 heteroatoms. The summed E-state index contributed by atoms with van der Waals surface area (Å²) in [5.74, 6) is -0.473. The van der Waals surface area contributed by atoms with Crippen LogP contribution in [0.25, 0.3) is 0 Å². The van der Waals surface area contributed by atoms with Gasteiger partial charge in [-0.1, -0.05) is 23.7 Å². The highest BCUT2D eigenvalue weighted by molar-refractivity contribution is 6.31. The van der Waals surface area contributed by atoms with Crippen molar-refractivity contribution in [2.24, 2.45) is 5.10 Å². The van der Waals surface area contributed by atoms with Gasteiger partial charge in [0.1, 0.15) is 0 Å². The first kappa shape index (κ1) is 14.8. The highest BCUT2D eigenvalue weighted by atomic mass is 35.5. The molecule has 2 rings (SSSR count). The number of hydrazone groups is 1. The molecule has 6 nitrogen and oxygen atoms in total. The Morgan fingerprint density at radius 1 is 1.38 bits per heavy atom. The average Bonchev–Trinajstić information content (AvgIpc) is 2.42. The second-order valence-electron chi connectivity index (χ2n) is 4.36. The first-order valence-corrected chi connectivity index (χ1v) is 6.38. The third-order valence-electron chi connectivity index (χ3n) is 2.70. The molecular formula is C14H12ClN3O3. The summed E-state index contributed by atoms with van der Waals surface area (Å²) in [6.45, 7) is 1.95. The first-order valence-electron chi connectivity index (χ1n) is 6.00. The number of aromatic hydroxyl groups is 1. The van der Waals surface area contributed by atoms with E-state index < -0.39 is 16.4 Å². The van der Waals surface area contributed by atoms with E-state index in [0.717, 1.165) is 17.3 Å². The van der Waals surface area contributed by atoms with Gasteiger partial charge in [0.05, 0.1) is 16.8 Å². The number of anilines is 1. The summed E-state index contributed by atoms with van der Waals surface area (Å²) < 4.78 is 0. The van der Waals surface area contributed by atoms with Gasteiger partial charge >= 0.3 is 5.69 Å². The third kappa shape index (κ3) is 3.70. The van der Waals surface area contributed by atoms with Crippen LogP contribution >= 0.6 is 11.6 Å². The lowest BCUT2D eigenvalue weighted by atomic mass is 10.2. The number of hydrogen-bond donors (Lipinski definition) is 2. The standard InChI is InChI=1S/C14H12ClN3O3/c1-9-3-2-4-12(5-9)17-16-8-10-6-11(15)7-13(14(10)19)18(20)21/h2-8,17,19H,1H3/b16-8-. The molecular weight excluding hydrogens is 294 g/mol. The minimum Gasteiger partial charge on any atom is -0.502 e. The number of rotatable bonds is 4. The number of phenolic OH excluding ortho intramolecular Hbond substituents is 1. The summed E-state index contributed by atoms with van der Waals surface area (Å²) in [7, 11) is 0. The Balaban J connectivity index is 2.23. The lowest BCUT2D eigenvalue weighted by molar-refractivity contribution is -0.385. The fourth-order valence-electron chi connectivity index (χ4n) is 1.73. The zero-order chi connectivity index (χ0) is 15.4. The van der Waals surface area contributed by atoms with Crippen molar-refractivity contribution in [1.82, 2.24) is 0 Å². The predicted molar refractivity (Wildman–Crippen MR) is 82.2 cm³/mol. The molecule has 0 unspecified atom stereocenters. The molecule has 0 saturated carbocycles. The quantitative estimate of drug-likeness (QED) is 0.512. The van der Waals surface area contributed by atoms with E-state index >= 15 is 0 Å². The number of hydrogen-bond acceptors (Lipinski definition) is 5. The fraction of sp³-hybridized carbons (Fsp3) is 0.0714. The second-order valence-corrected chi connectivity index (χ2v) is 4.80. The van der Waals surface area contributed by atoms with Gasteiger partial charge in [0, 0.05) is 16.7 Å². The Bertz CT molecular complexity index is 717. The maximum absolute atomic E-state index is 10.8. The Morgan fingerprint density at radius 2 is 2.14 bits per heavy atom. The number of nitrogens with zero attached hydrogens (tertiary/aromatic N) is 2. The summed E-state index contributed by atoms with van der Waals surface area (Å²) in [4.78, 5) is 10.1. The van der Waals surface area contributed by atoms with E-state index in [4.69, 9.17) is 11.6 Å². The van der Waals surface area contributed by atoms with Gasteiger partial charge in [-0.3, -0.25) is 15.5 Å². The van der Waals surface area contributed by atoms with Crippen LogP contribution in [0.5, 0.6) is 5.75 Å². The molecule has 0 heterocycles. The van der Waals surface area contributed by atoms with Gasteiger partial charge in [0.25, 0.3) is 0 Å². The van der Waals surface area contributed by atoms with Crippen LogP contribution in [-0.2, 0) is 0 Å². The zero-order valence-corrected chi connectivity index (χ0v) is 11.8. The van der Waals surface area contributed by atoms with Gasteiger partial charge in [-0.15, -0.1) is 0 Å². The summed E-state index contributed by atoms with van der Waals surface area (Å²) in [6, 6.07) is 10.0. The van der Waals surface area contributed by atoms with Gasteiger partial charge in [0.2, 0.25) is 5.75 Å². The Kier molecular flexibility index (Phi) is 4.39. The van der Waals surface area contributed by atoms with Crippen molar-refractivity contribution in [3.63, 3.8) is 0 Å².